The molecule has 24 heavy (non-hydrogen) atoms. The first kappa shape index (κ1) is 18.8. The molecule has 1 aliphatic rings. The molecule has 2 rings (SSSR count). The van der Waals surface area contributed by atoms with Crippen LogP contribution in [0.4, 0.5) is 0 Å². The Balaban J connectivity index is 1.75. The number of esters is 1. The van der Waals surface area contributed by atoms with E-state index < -0.39 is 17.8 Å². The summed E-state index contributed by atoms with van der Waals surface area (Å²) >= 11 is 3.75. The fourth-order valence-corrected chi connectivity index (χ4v) is 3.37. The van der Waals surface area contributed by atoms with Crippen molar-refractivity contribution in [1.82, 2.24) is 9.71 Å². The average Bonchev–Trinajstić information content (AvgIpc) is 2.63. The average molecular weight is 350 g/mol. The van der Waals surface area contributed by atoms with Gasteiger partial charge in [0.25, 0.3) is 0 Å². The molecule has 1 aromatic heterocycles. The Hall–Kier alpha value is -1.56. The predicted molar refractivity (Wildman–Crippen MR) is 95.5 cm³/mol. The molecule has 5 nitrogen and oxygen atoms in total. The lowest BCUT2D eigenvalue weighted by Gasteiger charge is -2.21. The van der Waals surface area contributed by atoms with Crippen LogP contribution in [-0.4, -0.2) is 23.5 Å². The standard InChI is InChI=1S/C18H26N2O3S/c21-17(20-24)16(15-11-4-6-12-19-15)18(22)23-13-7-5-10-14-8-2-1-3-9-14/h4,6,11-12,14,16,24H,1-3,5,7-10,13H2,(H,20,21). The number of amides is 1. The summed E-state index contributed by atoms with van der Waals surface area (Å²) in [6.45, 7) is 0.342. The Kier molecular flexibility index (Phi) is 8.08. The van der Waals surface area contributed by atoms with E-state index in [4.69, 9.17) is 4.74 Å². The van der Waals surface area contributed by atoms with Crippen molar-refractivity contribution < 1.29 is 14.3 Å². The molecule has 1 unspecified atom stereocenters. The lowest BCUT2D eigenvalue weighted by molar-refractivity contribution is -0.148. The SMILES string of the molecule is O=C(NS)C(C(=O)OCCCCC1CCCCC1)c1ccccn1. The molecule has 1 heterocycles. The van der Waals surface area contributed by atoms with Crippen molar-refractivity contribution in [3.8, 4) is 0 Å². The molecule has 1 aliphatic carbocycles. The molecular formula is C18H26N2O3S. The number of carbonyl (C=O) groups excluding carboxylic acids is 2. The Labute approximate surface area is 149 Å². The van der Waals surface area contributed by atoms with Crippen LogP contribution in [0.25, 0.3) is 0 Å². The van der Waals surface area contributed by atoms with E-state index in [1.807, 2.05) is 0 Å². The van der Waals surface area contributed by atoms with Gasteiger partial charge in [-0.3, -0.25) is 14.6 Å². The number of ether oxygens (including phenoxy) is 1. The molecule has 1 amide bonds. The molecule has 1 atom stereocenters. The Morgan fingerprint density at radius 2 is 2.04 bits per heavy atom. The molecule has 1 aromatic rings. The van der Waals surface area contributed by atoms with Crippen LogP contribution in [-0.2, 0) is 14.3 Å². The minimum atomic E-state index is -1.07. The summed E-state index contributed by atoms with van der Waals surface area (Å²) < 4.78 is 7.50. The number of aromatic nitrogens is 1. The van der Waals surface area contributed by atoms with Gasteiger partial charge in [-0.2, -0.15) is 0 Å². The second-order valence-electron chi connectivity index (χ2n) is 6.33. The number of nitrogens with zero attached hydrogens (tertiary/aromatic N) is 1. The summed E-state index contributed by atoms with van der Waals surface area (Å²) in [5.74, 6) is -1.32. The molecular weight excluding hydrogens is 324 g/mol. The molecule has 1 fully saturated rings. The molecule has 0 spiro atoms. The van der Waals surface area contributed by atoms with Crippen molar-refractivity contribution in [2.75, 3.05) is 6.61 Å². The van der Waals surface area contributed by atoms with E-state index in [2.05, 4.69) is 22.5 Å². The van der Waals surface area contributed by atoms with Crippen LogP contribution in [0.2, 0.25) is 0 Å². The lowest BCUT2D eigenvalue weighted by atomic mass is 9.86. The van der Waals surface area contributed by atoms with E-state index in [0.29, 0.717) is 12.3 Å². The summed E-state index contributed by atoms with van der Waals surface area (Å²) in [7, 11) is 0. The number of thiol groups is 1. The Morgan fingerprint density at radius 3 is 2.71 bits per heavy atom. The van der Waals surface area contributed by atoms with Crippen LogP contribution >= 0.6 is 12.8 Å². The predicted octanol–water partition coefficient (Wildman–Crippen LogP) is 3.42. The van der Waals surface area contributed by atoms with Crippen LogP contribution in [0, 0.1) is 5.92 Å². The number of nitrogens with one attached hydrogen (secondary N) is 1. The molecule has 0 bridgehead atoms. The van der Waals surface area contributed by atoms with E-state index in [0.717, 1.165) is 18.8 Å². The summed E-state index contributed by atoms with van der Waals surface area (Å²) in [5, 5.41) is 0. The molecule has 0 aliphatic heterocycles. The fraction of sp³-hybridized carbons (Fsp3) is 0.611. The number of pyridine rings is 1. The molecule has 0 radical (unpaired) electrons. The first-order valence-corrected chi connectivity index (χ1v) is 9.18. The van der Waals surface area contributed by atoms with Crippen molar-refractivity contribution in [2.45, 2.75) is 57.3 Å². The zero-order valence-electron chi connectivity index (χ0n) is 13.9. The maximum absolute atomic E-state index is 12.3. The van der Waals surface area contributed by atoms with E-state index in [1.54, 1.807) is 24.4 Å². The highest BCUT2D eigenvalue weighted by atomic mass is 32.1. The minimum Gasteiger partial charge on any atom is -0.465 e. The van der Waals surface area contributed by atoms with Crippen LogP contribution in [0.5, 0.6) is 0 Å². The van der Waals surface area contributed by atoms with Crippen LogP contribution in [0.3, 0.4) is 0 Å². The molecule has 1 N–H and O–H groups in total. The topological polar surface area (TPSA) is 68.3 Å². The highest BCUT2D eigenvalue weighted by Crippen LogP contribution is 2.27. The van der Waals surface area contributed by atoms with Gasteiger partial charge in [-0.1, -0.05) is 57.4 Å². The van der Waals surface area contributed by atoms with Gasteiger partial charge in [0.1, 0.15) is 0 Å². The van der Waals surface area contributed by atoms with E-state index in [9.17, 15) is 9.59 Å². The molecule has 132 valence electrons. The number of unbranched alkanes of at least 4 members (excludes halogenated alkanes) is 1. The number of hydrogen-bond donors (Lipinski definition) is 2. The van der Waals surface area contributed by atoms with Crippen molar-refractivity contribution in [2.24, 2.45) is 5.92 Å². The highest BCUT2D eigenvalue weighted by Gasteiger charge is 2.30. The van der Waals surface area contributed by atoms with Gasteiger partial charge >= 0.3 is 5.97 Å². The monoisotopic (exact) mass is 350 g/mol. The third-order valence-electron chi connectivity index (χ3n) is 4.57. The number of hydrogen-bond acceptors (Lipinski definition) is 5. The smallest absolute Gasteiger partial charge is 0.324 e. The third-order valence-corrected chi connectivity index (χ3v) is 4.79. The zero-order chi connectivity index (χ0) is 17.2. The van der Waals surface area contributed by atoms with Gasteiger partial charge in [0.2, 0.25) is 5.91 Å². The van der Waals surface area contributed by atoms with Crippen molar-refractivity contribution in [1.29, 1.82) is 0 Å². The second kappa shape index (κ2) is 10.3. The van der Waals surface area contributed by atoms with Gasteiger partial charge in [-0.15, -0.1) is 0 Å². The van der Waals surface area contributed by atoms with Crippen LogP contribution in [0.15, 0.2) is 24.4 Å². The molecule has 6 heteroatoms. The van der Waals surface area contributed by atoms with Crippen LogP contribution < -0.4 is 4.72 Å². The summed E-state index contributed by atoms with van der Waals surface area (Å²) in [4.78, 5) is 28.3. The maximum Gasteiger partial charge on any atom is 0.324 e. The first-order valence-electron chi connectivity index (χ1n) is 8.74. The minimum absolute atomic E-state index is 0.342. The third kappa shape index (κ3) is 5.82. The Bertz CT molecular complexity index is 518. The zero-order valence-corrected chi connectivity index (χ0v) is 14.8. The van der Waals surface area contributed by atoms with Gasteiger partial charge in [-0.25, -0.2) is 0 Å². The van der Waals surface area contributed by atoms with Gasteiger partial charge < -0.3 is 9.46 Å². The van der Waals surface area contributed by atoms with E-state index in [1.165, 1.54) is 38.5 Å². The quantitative estimate of drug-likeness (QED) is 0.326. The fourth-order valence-electron chi connectivity index (χ4n) is 3.24. The van der Waals surface area contributed by atoms with Gasteiger partial charge in [0.05, 0.1) is 12.3 Å². The summed E-state index contributed by atoms with van der Waals surface area (Å²) in [6.07, 6.45) is 11.4. The maximum atomic E-state index is 12.3. The van der Waals surface area contributed by atoms with Crippen LogP contribution in [0.1, 0.15) is 63.0 Å². The molecule has 0 saturated heterocycles. The second-order valence-corrected chi connectivity index (χ2v) is 6.55. The van der Waals surface area contributed by atoms with Gasteiger partial charge in [-0.05, 0) is 30.9 Å². The first-order chi connectivity index (χ1) is 11.7. The number of rotatable bonds is 8. The van der Waals surface area contributed by atoms with Crippen molar-refractivity contribution in [3.05, 3.63) is 30.1 Å². The van der Waals surface area contributed by atoms with E-state index in [-0.39, 0.29) is 0 Å². The van der Waals surface area contributed by atoms with E-state index >= 15 is 0 Å². The summed E-state index contributed by atoms with van der Waals surface area (Å²) in [6, 6.07) is 5.10. The van der Waals surface area contributed by atoms with Gasteiger partial charge in [0, 0.05) is 6.20 Å². The highest BCUT2D eigenvalue weighted by molar-refractivity contribution is 7.78. The Morgan fingerprint density at radius 1 is 1.25 bits per heavy atom. The van der Waals surface area contributed by atoms with Crippen molar-refractivity contribution in [3.63, 3.8) is 0 Å². The van der Waals surface area contributed by atoms with Crippen molar-refractivity contribution >= 4 is 24.7 Å². The molecule has 0 aromatic carbocycles. The lowest BCUT2D eigenvalue weighted by Crippen LogP contribution is -2.31. The summed E-state index contributed by atoms with van der Waals surface area (Å²) in [5.41, 5.74) is 0.372. The molecule has 1 saturated carbocycles. The largest absolute Gasteiger partial charge is 0.465 e. The normalized spacial score (nSPS) is 16.4. The number of carbonyl (C=O) groups is 2. The van der Waals surface area contributed by atoms with Gasteiger partial charge in [0.15, 0.2) is 5.92 Å².